The number of para-hydroxylation sites is 1. The van der Waals surface area contributed by atoms with E-state index < -0.39 is 0 Å². The Morgan fingerprint density at radius 3 is 2.64 bits per heavy atom. The van der Waals surface area contributed by atoms with Crippen molar-refractivity contribution in [1.82, 2.24) is 10.6 Å². The molecule has 1 atom stereocenters. The fourth-order valence-corrected chi connectivity index (χ4v) is 3.60. The zero-order valence-electron chi connectivity index (χ0n) is 14.8. The maximum absolute atomic E-state index is 12.6. The van der Waals surface area contributed by atoms with Gasteiger partial charge in [-0.3, -0.25) is 9.59 Å². The molecule has 2 aliphatic rings. The van der Waals surface area contributed by atoms with Gasteiger partial charge in [0.2, 0.25) is 5.91 Å². The first-order valence-electron chi connectivity index (χ1n) is 9.14. The van der Waals surface area contributed by atoms with E-state index in [-0.39, 0.29) is 24.0 Å². The molecule has 3 rings (SSSR count). The Labute approximate surface area is 148 Å². The predicted molar refractivity (Wildman–Crippen MR) is 96.8 cm³/mol. The normalized spacial score (nSPS) is 21.2. The highest BCUT2D eigenvalue weighted by Crippen LogP contribution is 2.24. The highest BCUT2D eigenvalue weighted by Gasteiger charge is 2.23. The fraction of sp³-hybridized carbons (Fsp3) is 0.579. The van der Waals surface area contributed by atoms with Gasteiger partial charge in [-0.2, -0.15) is 0 Å². The number of amides is 2. The third kappa shape index (κ3) is 4.72. The molecule has 2 amide bonds. The molecule has 0 bridgehead atoms. The maximum atomic E-state index is 12.6. The zero-order chi connectivity index (χ0) is 17.6. The van der Waals surface area contributed by atoms with Crippen LogP contribution in [0.1, 0.15) is 43.0 Å². The summed E-state index contributed by atoms with van der Waals surface area (Å²) in [5.74, 6) is -0.0255. The first-order valence-corrected chi connectivity index (χ1v) is 9.14. The summed E-state index contributed by atoms with van der Waals surface area (Å²) in [6, 6.07) is 7.97. The summed E-state index contributed by atoms with van der Waals surface area (Å²) in [7, 11) is 0. The van der Waals surface area contributed by atoms with Crippen molar-refractivity contribution in [2.24, 2.45) is 0 Å². The SMILES string of the molecule is CC(=O)NC1CCN(c2ccccc2C(=O)NCC2CCCO2)CC1. The summed E-state index contributed by atoms with van der Waals surface area (Å²) in [6.07, 6.45) is 4.01. The van der Waals surface area contributed by atoms with Gasteiger partial charge in [0.05, 0.1) is 11.7 Å². The van der Waals surface area contributed by atoms with Gasteiger partial charge in [-0.1, -0.05) is 12.1 Å². The number of anilines is 1. The Hall–Kier alpha value is -2.08. The smallest absolute Gasteiger partial charge is 0.253 e. The Morgan fingerprint density at radius 1 is 1.20 bits per heavy atom. The van der Waals surface area contributed by atoms with E-state index in [9.17, 15) is 9.59 Å². The third-order valence-electron chi connectivity index (χ3n) is 4.91. The van der Waals surface area contributed by atoms with E-state index in [0.717, 1.165) is 51.1 Å². The number of hydrogen-bond donors (Lipinski definition) is 2. The molecule has 1 aromatic carbocycles. The number of nitrogens with one attached hydrogen (secondary N) is 2. The van der Waals surface area contributed by atoms with E-state index in [4.69, 9.17) is 4.74 Å². The van der Waals surface area contributed by atoms with Gasteiger partial charge < -0.3 is 20.3 Å². The number of benzene rings is 1. The molecule has 0 spiro atoms. The van der Waals surface area contributed by atoms with E-state index >= 15 is 0 Å². The Balaban J connectivity index is 1.60. The number of ether oxygens (including phenoxy) is 1. The van der Waals surface area contributed by atoms with Crippen LogP contribution in [0.3, 0.4) is 0 Å². The van der Waals surface area contributed by atoms with Crippen molar-refractivity contribution in [3.8, 4) is 0 Å². The Bertz CT molecular complexity index is 606. The van der Waals surface area contributed by atoms with Gasteiger partial charge in [0, 0.05) is 44.9 Å². The lowest BCUT2D eigenvalue weighted by molar-refractivity contribution is -0.119. The van der Waals surface area contributed by atoms with Crippen LogP contribution < -0.4 is 15.5 Å². The molecule has 6 nitrogen and oxygen atoms in total. The van der Waals surface area contributed by atoms with Crippen LogP contribution in [0.25, 0.3) is 0 Å². The highest BCUT2D eigenvalue weighted by atomic mass is 16.5. The Kier molecular flexibility index (Phi) is 5.91. The lowest BCUT2D eigenvalue weighted by Gasteiger charge is -2.34. The largest absolute Gasteiger partial charge is 0.376 e. The summed E-state index contributed by atoms with van der Waals surface area (Å²) in [5, 5.41) is 5.99. The minimum Gasteiger partial charge on any atom is -0.376 e. The molecule has 1 aromatic rings. The van der Waals surface area contributed by atoms with Crippen LogP contribution in [-0.2, 0) is 9.53 Å². The minimum atomic E-state index is -0.0462. The number of hydrogen-bond acceptors (Lipinski definition) is 4. The van der Waals surface area contributed by atoms with Crippen molar-refractivity contribution in [3.63, 3.8) is 0 Å². The molecule has 2 aliphatic heterocycles. The predicted octanol–water partition coefficient (Wildman–Crippen LogP) is 1.70. The summed E-state index contributed by atoms with van der Waals surface area (Å²) >= 11 is 0. The second-order valence-corrected chi connectivity index (χ2v) is 6.82. The molecule has 136 valence electrons. The minimum absolute atomic E-state index is 0.0207. The summed E-state index contributed by atoms with van der Waals surface area (Å²) in [6.45, 7) is 4.58. The van der Waals surface area contributed by atoms with E-state index in [0.29, 0.717) is 12.1 Å². The summed E-state index contributed by atoms with van der Waals surface area (Å²) in [4.78, 5) is 26.1. The van der Waals surface area contributed by atoms with Crippen LogP contribution in [0, 0.1) is 0 Å². The molecule has 6 heteroatoms. The highest BCUT2D eigenvalue weighted by molar-refractivity contribution is 5.99. The molecular weight excluding hydrogens is 318 g/mol. The van der Waals surface area contributed by atoms with E-state index in [2.05, 4.69) is 15.5 Å². The van der Waals surface area contributed by atoms with Crippen molar-refractivity contribution >= 4 is 17.5 Å². The van der Waals surface area contributed by atoms with Crippen LogP contribution in [-0.4, -0.2) is 50.2 Å². The molecule has 2 saturated heterocycles. The van der Waals surface area contributed by atoms with Gasteiger partial charge in [-0.15, -0.1) is 0 Å². The molecule has 0 saturated carbocycles. The van der Waals surface area contributed by atoms with E-state index in [1.165, 1.54) is 0 Å². The maximum Gasteiger partial charge on any atom is 0.253 e. The molecule has 2 heterocycles. The van der Waals surface area contributed by atoms with E-state index in [1.807, 2.05) is 24.3 Å². The molecule has 1 unspecified atom stereocenters. The summed E-state index contributed by atoms with van der Waals surface area (Å²) < 4.78 is 5.57. The van der Waals surface area contributed by atoms with Gasteiger partial charge in [-0.05, 0) is 37.8 Å². The van der Waals surface area contributed by atoms with Gasteiger partial charge in [0.15, 0.2) is 0 Å². The third-order valence-corrected chi connectivity index (χ3v) is 4.91. The van der Waals surface area contributed by atoms with Crippen molar-refractivity contribution in [2.45, 2.75) is 44.8 Å². The summed E-state index contributed by atoms with van der Waals surface area (Å²) in [5.41, 5.74) is 1.67. The quantitative estimate of drug-likeness (QED) is 0.852. The number of carbonyl (C=O) groups excluding carboxylic acids is 2. The van der Waals surface area contributed by atoms with Crippen LogP contribution in [0.4, 0.5) is 5.69 Å². The van der Waals surface area contributed by atoms with Crippen LogP contribution in [0.15, 0.2) is 24.3 Å². The van der Waals surface area contributed by atoms with Gasteiger partial charge in [0.1, 0.15) is 0 Å². The van der Waals surface area contributed by atoms with Gasteiger partial charge in [-0.25, -0.2) is 0 Å². The van der Waals surface area contributed by atoms with Crippen molar-refractivity contribution in [3.05, 3.63) is 29.8 Å². The average molecular weight is 345 g/mol. The molecule has 25 heavy (non-hydrogen) atoms. The standard InChI is InChI=1S/C19H27N3O3/c1-14(23)21-15-8-10-22(11-9-15)18-7-3-2-6-17(18)19(24)20-13-16-5-4-12-25-16/h2-3,6-7,15-16H,4-5,8-13H2,1H3,(H,20,24)(H,21,23). The van der Waals surface area contributed by atoms with Crippen molar-refractivity contribution in [2.75, 3.05) is 31.1 Å². The van der Waals surface area contributed by atoms with Gasteiger partial charge >= 0.3 is 0 Å². The molecule has 0 aliphatic carbocycles. The van der Waals surface area contributed by atoms with Crippen molar-refractivity contribution < 1.29 is 14.3 Å². The van der Waals surface area contributed by atoms with Crippen molar-refractivity contribution in [1.29, 1.82) is 0 Å². The molecule has 2 fully saturated rings. The molecule has 2 N–H and O–H groups in total. The number of rotatable bonds is 5. The van der Waals surface area contributed by atoms with E-state index in [1.54, 1.807) is 6.92 Å². The average Bonchev–Trinajstić information content (AvgIpc) is 3.13. The second-order valence-electron chi connectivity index (χ2n) is 6.82. The first kappa shape index (κ1) is 17.7. The van der Waals surface area contributed by atoms with Crippen LogP contribution in [0.2, 0.25) is 0 Å². The molecular formula is C19H27N3O3. The number of piperidine rings is 1. The number of nitrogens with zero attached hydrogens (tertiary/aromatic N) is 1. The fourth-order valence-electron chi connectivity index (χ4n) is 3.60. The molecule has 0 aromatic heterocycles. The topological polar surface area (TPSA) is 70.7 Å². The lowest BCUT2D eigenvalue weighted by Crippen LogP contribution is -2.44. The monoisotopic (exact) mass is 345 g/mol. The zero-order valence-corrected chi connectivity index (χ0v) is 14.8. The van der Waals surface area contributed by atoms with Crippen LogP contribution in [0.5, 0.6) is 0 Å². The van der Waals surface area contributed by atoms with Gasteiger partial charge in [0.25, 0.3) is 5.91 Å². The first-order chi connectivity index (χ1) is 12.1. The van der Waals surface area contributed by atoms with Crippen LogP contribution >= 0.6 is 0 Å². The molecule has 0 radical (unpaired) electrons. The number of carbonyl (C=O) groups is 2. The Morgan fingerprint density at radius 2 is 1.96 bits per heavy atom. The second kappa shape index (κ2) is 8.34. The lowest BCUT2D eigenvalue weighted by atomic mass is 10.0.